The zero-order valence-electron chi connectivity index (χ0n) is 18.4. The van der Waals surface area contributed by atoms with Gasteiger partial charge in [0, 0.05) is 43.9 Å². The fourth-order valence-electron chi connectivity index (χ4n) is 3.54. The highest BCUT2D eigenvalue weighted by molar-refractivity contribution is 7.47. The SMILES string of the molecule is CC(C)(C)OC(=O)N1CCC(Oc2ccc(-c3c(Cl)cc(N=S)cc3C(F)(F)F)cc2)CC1. The Labute approximate surface area is 201 Å². The van der Waals surface area contributed by atoms with E-state index in [-0.39, 0.29) is 28.5 Å². The lowest BCUT2D eigenvalue weighted by Gasteiger charge is -2.33. The van der Waals surface area contributed by atoms with Gasteiger partial charge in [-0.05, 0) is 50.6 Å². The van der Waals surface area contributed by atoms with E-state index in [4.69, 9.17) is 21.1 Å². The maximum atomic E-state index is 13.6. The summed E-state index contributed by atoms with van der Waals surface area (Å²) in [4.78, 5) is 13.8. The Morgan fingerprint density at radius 2 is 1.73 bits per heavy atom. The number of alkyl halides is 3. The Morgan fingerprint density at radius 3 is 2.24 bits per heavy atom. The van der Waals surface area contributed by atoms with Gasteiger partial charge < -0.3 is 14.4 Å². The summed E-state index contributed by atoms with van der Waals surface area (Å²) in [5, 5.41) is -0.0865. The van der Waals surface area contributed by atoms with Crippen molar-refractivity contribution in [3.8, 4) is 16.9 Å². The summed E-state index contributed by atoms with van der Waals surface area (Å²) >= 11 is 10.7. The number of rotatable bonds is 4. The summed E-state index contributed by atoms with van der Waals surface area (Å²) in [6.07, 6.45) is -3.84. The molecule has 0 atom stereocenters. The van der Waals surface area contributed by atoms with E-state index in [0.717, 1.165) is 6.07 Å². The van der Waals surface area contributed by atoms with E-state index < -0.39 is 17.3 Å². The van der Waals surface area contributed by atoms with E-state index in [1.807, 2.05) is 20.8 Å². The second-order valence-electron chi connectivity index (χ2n) is 8.75. The molecule has 1 aliphatic rings. The van der Waals surface area contributed by atoms with Crippen LogP contribution in [-0.4, -0.2) is 35.8 Å². The Kier molecular flexibility index (Phi) is 7.53. The zero-order valence-corrected chi connectivity index (χ0v) is 20.0. The first-order valence-corrected chi connectivity index (χ1v) is 11.1. The van der Waals surface area contributed by atoms with Gasteiger partial charge in [-0.25, -0.2) is 4.79 Å². The third-order valence-corrected chi connectivity index (χ3v) is 5.53. The molecule has 0 saturated carbocycles. The molecule has 1 heterocycles. The quantitative estimate of drug-likeness (QED) is 0.446. The number of halogens is 4. The second-order valence-corrected chi connectivity index (χ2v) is 9.34. The average molecular weight is 501 g/mol. The predicted molar refractivity (Wildman–Crippen MR) is 123 cm³/mol. The molecule has 33 heavy (non-hydrogen) atoms. The lowest BCUT2D eigenvalue weighted by molar-refractivity contribution is -0.137. The van der Waals surface area contributed by atoms with Crippen molar-refractivity contribution in [1.29, 1.82) is 0 Å². The largest absolute Gasteiger partial charge is 0.490 e. The van der Waals surface area contributed by atoms with Crippen molar-refractivity contribution in [3.05, 3.63) is 47.0 Å². The zero-order chi connectivity index (χ0) is 24.4. The number of ether oxygens (including phenoxy) is 2. The molecule has 1 fully saturated rings. The smallest absolute Gasteiger partial charge is 0.417 e. The highest BCUT2D eigenvalue weighted by atomic mass is 35.5. The van der Waals surface area contributed by atoms with Gasteiger partial charge in [-0.3, -0.25) is 0 Å². The first-order chi connectivity index (χ1) is 15.4. The summed E-state index contributed by atoms with van der Waals surface area (Å²) < 4.78 is 55.6. The van der Waals surface area contributed by atoms with Gasteiger partial charge in [0.15, 0.2) is 0 Å². The monoisotopic (exact) mass is 500 g/mol. The number of carbonyl (C=O) groups is 1. The van der Waals surface area contributed by atoms with Crippen LogP contribution in [0.1, 0.15) is 39.2 Å². The van der Waals surface area contributed by atoms with Crippen LogP contribution in [-0.2, 0) is 23.3 Å². The molecule has 0 unspecified atom stereocenters. The van der Waals surface area contributed by atoms with Gasteiger partial charge in [-0.2, -0.15) is 17.5 Å². The molecule has 5 nitrogen and oxygen atoms in total. The van der Waals surface area contributed by atoms with Crippen LogP contribution >= 0.6 is 11.6 Å². The topological polar surface area (TPSA) is 51.1 Å². The number of hydrogen-bond acceptors (Lipinski definition) is 5. The molecular weight excluding hydrogens is 477 g/mol. The summed E-state index contributed by atoms with van der Waals surface area (Å²) in [7, 11) is 0. The van der Waals surface area contributed by atoms with Crippen molar-refractivity contribution in [2.45, 2.75) is 51.5 Å². The van der Waals surface area contributed by atoms with Crippen LogP contribution < -0.4 is 4.74 Å². The number of carbonyl (C=O) groups excluding carboxylic acids is 1. The molecule has 1 amide bonds. The minimum atomic E-state index is -4.62. The third-order valence-electron chi connectivity index (χ3n) is 5.03. The average Bonchev–Trinajstić information content (AvgIpc) is 2.72. The molecule has 0 radical (unpaired) electrons. The van der Waals surface area contributed by atoms with E-state index in [1.165, 1.54) is 18.2 Å². The summed E-state index contributed by atoms with van der Waals surface area (Å²) in [6.45, 7) is 6.46. The molecule has 2 aromatic rings. The molecule has 0 spiro atoms. The third kappa shape index (κ3) is 6.57. The van der Waals surface area contributed by atoms with Gasteiger partial charge in [0.1, 0.15) is 17.5 Å². The highest BCUT2D eigenvalue weighted by Crippen LogP contribution is 2.43. The molecule has 1 saturated heterocycles. The lowest BCUT2D eigenvalue weighted by Crippen LogP contribution is -2.44. The van der Waals surface area contributed by atoms with Crippen LogP contribution in [0.3, 0.4) is 0 Å². The van der Waals surface area contributed by atoms with Crippen LogP contribution in [0.15, 0.2) is 40.8 Å². The molecule has 0 N–H and O–H groups in total. The molecule has 0 aromatic heterocycles. The standard InChI is InChI=1S/C23H24ClF3N2O3S/c1-22(2,3)32-21(30)29-10-8-17(9-11-29)31-16-6-4-14(5-7-16)20-18(23(25,26)27)12-15(28-33)13-19(20)24/h4-7,12-13,17H,8-11H2,1-3H3. The fourth-order valence-corrected chi connectivity index (χ4v) is 3.97. The maximum Gasteiger partial charge on any atom is 0.417 e. The molecule has 10 heteroatoms. The molecule has 1 aliphatic heterocycles. The number of likely N-dealkylation sites (tertiary alicyclic amines) is 1. The molecule has 178 valence electrons. The number of benzene rings is 2. The van der Waals surface area contributed by atoms with E-state index in [9.17, 15) is 18.0 Å². The number of nitrogens with zero attached hydrogens (tertiary/aromatic N) is 2. The predicted octanol–water partition coefficient (Wildman–Crippen LogP) is 7.17. The molecule has 0 bridgehead atoms. The van der Waals surface area contributed by atoms with Crippen molar-refractivity contribution in [2.75, 3.05) is 13.1 Å². The van der Waals surface area contributed by atoms with Crippen molar-refractivity contribution in [2.24, 2.45) is 4.36 Å². The number of amides is 1. The fraction of sp³-hybridized carbons (Fsp3) is 0.435. The molecule has 2 aromatic carbocycles. The van der Waals surface area contributed by atoms with E-state index >= 15 is 0 Å². The molecule has 3 rings (SSSR count). The van der Waals surface area contributed by atoms with Gasteiger partial charge in [-0.15, -0.1) is 0 Å². The number of piperidine rings is 1. The summed E-state index contributed by atoms with van der Waals surface area (Å²) in [6, 6.07) is 8.48. The lowest BCUT2D eigenvalue weighted by atomic mass is 9.98. The van der Waals surface area contributed by atoms with Crippen LogP contribution in [0.25, 0.3) is 11.1 Å². The minimum Gasteiger partial charge on any atom is -0.490 e. The van der Waals surface area contributed by atoms with Gasteiger partial charge in [-0.1, -0.05) is 23.7 Å². The van der Waals surface area contributed by atoms with E-state index in [2.05, 4.69) is 16.8 Å². The highest BCUT2D eigenvalue weighted by Gasteiger charge is 2.35. The minimum absolute atomic E-state index is 0.0243. The first kappa shape index (κ1) is 25.2. The van der Waals surface area contributed by atoms with Gasteiger partial charge in [0.2, 0.25) is 0 Å². The van der Waals surface area contributed by atoms with Gasteiger partial charge in [0.25, 0.3) is 0 Å². The van der Waals surface area contributed by atoms with Crippen molar-refractivity contribution in [1.82, 2.24) is 4.90 Å². The molecule has 0 aliphatic carbocycles. The van der Waals surface area contributed by atoms with Crippen molar-refractivity contribution in [3.63, 3.8) is 0 Å². The van der Waals surface area contributed by atoms with Crippen LogP contribution in [0, 0.1) is 0 Å². The van der Waals surface area contributed by atoms with E-state index in [1.54, 1.807) is 17.0 Å². The van der Waals surface area contributed by atoms with Gasteiger partial charge in [0.05, 0.1) is 16.3 Å². The van der Waals surface area contributed by atoms with Gasteiger partial charge >= 0.3 is 12.3 Å². The Bertz CT molecular complexity index is 1020. The Hall–Kier alpha value is -2.39. The Balaban J connectivity index is 1.69. The first-order valence-electron chi connectivity index (χ1n) is 10.4. The summed E-state index contributed by atoms with van der Waals surface area (Å²) in [5.41, 5.74) is -1.31. The van der Waals surface area contributed by atoms with Crippen LogP contribution in [0.5, 0.6) is 5.75 Å². The van der Waals surface area contributed by atoms with Crippen LogP contribution in [0.4, 0.5) is 23.7 Å². The maximum absolute atomic E-state index is 13.6. The summed E-state index contributed by atoms with van der Waals surface area (Å²) in [5.74, 6) is 0.524. The normalized spacial score (nSPS) is 15.3. The van der Waals surface area contributed by atoms with E-state index in [0.29, 0.717) is 37.2 Å². The molecular formula is C23H24ClF3N2O3S. The van der Waals surface area contributed by atoms with Crippen molar-refractivity contribution >= 4 is 35.8 Å². The Morgan fingerprint density at radius 1 is 1.12 bits per heavy atom. The van der Waals surface area contributed by atoms with Crippen LogP contribution in [0.2, 0.25) is 5.02 Å². The second kappa shape index (κ2) is 9.85. The van der Waals surface area contributed by atoms with Crippen molar-refractivity contribution < 1.29 is 27.4 Å². The number of hydrogen-bond donors (Lipinski definition) is 0.